The molecule has 2 aromatic carbocycles. The number of likely N-dealkylation sites (N-methyl/N-ethyl adjacent to an activating group) is 1. The number of benzene rings is 2. The van der Waals surface area contributed by atoms with Crippen LogP contribution in [-0.4, -0.2) is 18.6 Å². The number of hydrogen-bond acceptors (Lipinski definition) is 3. The molecule has 0 aromatic heterocycles. The molecular formula is C27H31NO2. The molecule has 0 radical (unpaired) electrons. The minimum atomic E-state index is -0.579. The van der Waals surface area contributed by atoms with E-state index in [0.29, 0.717) is 0 Å². The molecule has 156 valence electrons. The van der Waals surface area contributed by atoms with E-state index in [4.69, 9.17) is 4.74 Å². The Kier molecular flexibility index (Phi) is 4.19. The van der Waals surface area contributed by atoms with Crippen molar-refractivity contribution in [2.24, 2.45) is 5.41 Å². The zero-order valence-corrected chi connectivity index (χ0v) is 18.5. The second kappa shape index (κ2) is 6.47. The number of hydrogen-bond donors (Lipinski definition) is 0. The van der Waals surface area contributed by atoms with E-state index in [2.05, 4.69) is 69.1 Å². The highest BCUT2D eigenvalue weighted by molar-refractivity contribution is 6.01. The number of Topliss-reactive ketones (excluding diaryl/α,β-unsaturated/α-hetero) is 1. The van der Waals surface area contributed by atoms with Gasteiger partial charge in [0.15, 0.2) is 5.78 Å². The number of anilines is 1. The SMILES string of the molecule is CN1c2ccccc2C(C)(C)C12C=Cc1cc(C(=O)C3(C)CCCCC3)ccc1O2. The second-order valence-electron chi connectivity index (χ2n) is 10.0. The molecule has 3 heteroatoms. The first-order valence-corrected chi connectivity index (χ1v) is 11.2. The molecule has 1 atom stereocenters. The van der Waals surface area contributed by atoms with Crippen molar-refractivity contribution in [2.75, 3.05) is 11.9 Å². The number of nitrogens with zero attached hydrogens (tertiary/aromatic N) is 1. The normalized spacial score (nSPS) is 25.5. The van der Waals surface area contributed by atoms with Crippen molar-refractivity contribution >= 4 is 17.5 Å². The van der Waals surface area contributed by atoms with E-state index >= 15 is 0 Å². The number of carbonyl (C=O) groups is 1. The van der Waals surface area contributed by atoms with Gasteiger partial charge in [-0.05, 0) is 68.7 Å². The van der Waals surface area contributed by atoms with Crippen LogP contribution in [0.5, 0.6) is 5.75 Å². The Labute approximate surface area is 179 Å². The minimum absolute atomic E-state index is 0.212. The Balaban J connectivity index is 1.50. The lowest BCUT2D eigenvalue weighted by Crippen LogP contribution is -2.58. The number of para-hydroxylation sites is 1. The molecule has 1 fully saturated rings. The predicted octanol–water partition coefficient (Wildman–Crippen LogP) is 6.37. The number of fused-ring (bicyclic) bond motifs is 2. The summed E-state index contributed by atoms with van der Waals surface area (Å²) in [5.74, 6) is 1.12. The van der Waals surface area contributed by atoms with Crippen LogP contribution in [0.2, 0.25) is 0 Å². The van der Waals surface area contributed by atoms with Crippen LogP contribution in [-0.2, 0) is 5.41 Å². The van der Waals surface area contributed by atoms with Crippen LogP contribution in [0, 0.1) is 5.41 Å². The first kappa shape index (κ1) is 19.4. The van der Waals surface area contributed by atoms with Crippen LogP contribution in [0.4, 0.5) is 5.69 Å². The fourth-order valence-corrected chi connectivity index (χ4v) is 5.83. The second-order valence-corrected chi connectivity index (χ2v) is 10.0. The lowest BCUT2D eigenvalue weighted by Gasteiger charge is -2.45. The molecule has 0 saturated heterocycles. The quantitative estimate of drug-likeness (QED) is 0.548. The van der Waals surface area contributed by atoms with Gasteiger partial charge in [0.2, 0.25) is 5.72 Å². The summed E-state index contributed by atoms with van der Waals surface area (Å²) in [6.45, 7) is 6.63. The van der Waals surface area contributed by atoms with Gasteiger partial charge in [0.25, 0.3) is 0 Å². The smallest absolute Gasteiger partial charge is 0.211 e. The van der Waals surface area contributed by atoms with Crippen molar-refractivity contribution in [3.8, 4) is 5.75 Å². The monoisotopic (exact) mass is 401 g/mol. The lowest BCUT2D eigenvalue weighted by atomic mass is 9.71. The van der Waals surface area contributed by atoms with Gasteiger partial charge in [0.05, 0.1) is 5.41 Å². The predicted molar refractivity (Wildman–Crippen MR) is 122 cm³/mol. The molecule has 1 saturated carbocycles. The fourth-order valence-electron chi connectivity index (χ4n) is 5.83. The van der Waals surface area contributed by atoms with Gasteiger partial charge in [-0.25, -0.2) is 0 Å². The fraction of sp³-hybridized carbons (Fsp3) is 0.444. The van der Waals surface area contributed by atoms with E-state index in [1.54, 1.807) is 0 Å². The van der Waals surface area contributed by atoms with Crippen molar-refractivity contribution in [2.45, 2.75) is 64.0 Å². The molecule has 0 bridgehead atoms. The number of ketones is 1. The highest BCUT2D eigenvalue weighted by Crippen LogP contribution is 2.54. The lowest BCUT2D eigenvalue weighted by molar-refractivity contribution is 0.0581. The number of rotatable bonds is 2. The van der Waals surface area contributed by atoms with Gasteiger partial charge in [-0.1, -0.05) is 44.4 Å². The van der Waals surface area contributed by atoms with Crippen LogP contribution in [0.1, 0.15) is 74.4 Å². The molecule has 0 N–H and O–H groups in total. The maximum atomic E-state index is 13.3. The minimum Gasteiger partial charge on any atom is -0.463 e. The Bertz CT molecular complexity index is 1040. The zero-order valence-electron chi connectivity index (χ0n) is 18.5. The van der Waals surface area contributed by atoms with Crippen LogP contribution >= 0.6 is 0 Å². The summed E-state index contributed by atoms with van der Waals surface area (Å²) >= 11 is 0. The van der Waals surface area contributed by atoms with E-state index in [9.17, 15) is 4.79 Å². The standard InChI is InChI=1S/C27H31NO2/c1-25(2)21-10-6-7-11-22(21)28(4)27(25)17-14-19-18-20(12-13-23(19)30-27)24(29)26(3)15-8-5-9-16-26/h6-7,10-14,17-18H,5,8-9,15-16H2,1-4H3. The van der Waals surface area contributed by atoms with Crippen molar-refractivity contribution in [1.29, 1.82) is 0 Å². The average Bonchev–Trinajstić information content (AvgIpc) is 2.92. The summed E-state index contributed by atoms with van der Waals surface area (Å²) in [6, 6.07) is 14.5. The van der Waals surface area contributed by atoms with E-state index in [0.717, 1.165) is 42.6 Å². The summed E-state index contributed by atoms with van der Waals surface area (Å²) in [5, 5.41) is 0. The van der Waals surface area contributed by atoms with Crippen LogP contribution < -0.4 is 9.64 Å². The Hall–Kier alpha value is -2.55. The summed E-state index contributed by atoms with van der Waals surface area (Å²) in [4.78, 5) is 15.5. The highest BCUT2D eigenvalue weighted by Gasteiger charge is 2.57. The molecule has 1 aliphatic carbocycles. The van der Waals surface area contributed by atoms with E-state index in [1.165, 1.54) is 17.7 Å². The van der Waals surface area contributed by atoms with E-state index in [-0.39, 0.29) is 16.6 Å². The van der Waals surface area contributed by atoms with Crippen LogP contribution in [0.15, 0.2) is 48.5 Å². The van der Waals surface area contributed by atoms with Crippen LogP contribution in [0.3, 0.4) is 0 Å². The number of ether oxygens (including phenoxy) is 1. The molecule has 1 unspecified atom stereocenters. The largest absolute Gasteiger partial charge is 0.463 e. The summed E-state index contributed by atoms with van der Waals surface area (Å²) in [6.07, 6.45) is 9.86. The maximum Gasteiger partial charge on any atom is 0.211 e. The Morgan fingerprint density at radius 2 is 1.73 bits per heavy atom. The molecular weight excluding hydrogens is 370 g/mol. The van der Waals surface area contributed by atoms with Crippen molar-refractivity contribution < 1.29 is 9.53 Å². The summed E-state index contributed by atoms with van der Waals surface area (Å²) in [7, 11) is 2.10. The molecule has 2 heterocycles. The molecule has 3 aliphatic rings. The van der Waals surface area contributed by atoms with Crippen molar-refractivity contribution in [3.63, 3.8) is 0 Å². The topological polar surface area (TPSA) is 29.5 Å². The maximum absolute atomic E-state index is 13.3. The van der Waals surface area contributed by atoms with Gasteiger partial charge in [0, 0.05) is 29.3 Å². The average molecular weight is 402 g/mol. The van der Waals surface area contributed by atoms with Crippen LogP contribution in [0.25, 0.3) is 6.08 Å². The van der Waals surface area contributed by atoms with Gasteiger partial charge in [-0.15, -0.1) is 0 Å². The van der Waals surface area contributed by atoms with Gasteiger partial charge in [0.1, 0.15) is 5.75 Å². The van der Waals surface area contributed by atoms with Gasteiger partial charge < -0.3 is 9.64 Å². The van der Waals surface area contributed by atoms with E-state index in [1.807, 2.05) is 18.2 Å². The molecule has 0 amide bonds. The summed E-state index contributed by atoms with van der Waals surface area (Å²) in [5.41, 5.74) is 3.28. The van der Waals surface area contributed by atoms with Crippen molar-refractivity contribution in [1.82, 2.24) is 0 Å². The summed E-state index contributed by atoms with van der Waals surface area (Å²) < 4.78 is 6.72. The molecule has 1 spiro atoms. The molecule has 5 rings (SSSR count). The first-order chi connectivity index (χ1) is 14.3. The molecule has 2 aromatic rings. The molecule has 3 nitrogen and oxygen atoms in total. The van der Waals surface area contributed by atoms with Gasteiger partial charge in [-0.3, -0.25) is 4.79 Å². The van der Waals surface area contributed by atoms with E-state index < -0.39 is 5.72 Å². The third-order valence-corrected chi connectivity index (χ3v) is 7.86. The third kappa shape index (κ3) is 2.54. The zero-order chi connectivity index (χ0) is 21.1. The van der Waals surface area contributed by atoms with Gasteiger partial charge in [-0.2, -0.15) is 0 Å². The Morgan fingerprint density at radius 3 is 2.47 bits per heavy atom. The van der Waals surface area contributed by atoms with Crippen molar-refractivity contribution in [3.05, 3.63) is 65.2 Å². The Morgan fingerprint density at radius 1 is 1.00 bits per heavy atom. The molecule has 30 heavy (non-hydrogen) atoms. The van der Waals surface area contributed by atoms with Gasteiger partial charge >= 0.3 is 0 Å². The number of carbonyl (C=O) groups excluding carboxylic acids is 1. The molecule has 2 aliphatic heterocycles. The highest BCUT2D eigenvalue weighted by atomic mass is 16.5. The first-order valence-electron chi connectivity index (χ1n) is 11.2. The third-order valence-electron chi connectivity index (χ3n) is 7.86.